The van der Waals surface area contributed by atoms with Gasteiger partial charge in [0.15, 0.2) is 0 Å². The molecule has 1 aromatic rings. The van der Waals surface area contributed by atoms with Gasteiger partial charge in [-0.3, -0.25) is 4.90 Å². The summed E-state index contributed by atoms with van der Waals surface area (Å²) in [7, 11) is 0. The summed E-state index contributed by atoms with van der Waals surface area (Å²) in [6, 6.07) is 6.22. The molecule has 0 amide bonds. The van der Waals surface area contributed by atoms with Gasteiger partial charge in [0.05, 0.1) is 5.02 Å². The van der Waals surface area contributed by atoms with Crippen molar-refractivity contribution in [2.75, 3.05) is 31.9 Å². The Bertz CT molecular complexity index is 401. The molecule has 1 atom stereocenters. The van der Waals surface area contributed by atoms with Gasteiger partial charge in [-0.1, -0.05) is 23.2 Å². The zero-order chi connectivity index (χ0) is 13.0. The second-order valence-electron chi connectivity index (χ2n) is 4.58. The van der Waals surface area contributed by atoms with E-state index < -0.39 is 0 Å². The molecule has 0 radical (unpaired) electrons. The molecule has 0 aliphatic carbocycles. The summed E-state index contributed by atoms with van der Waals surface area (Å²) in [5.41, 5.74) is 0. The van der Waals surface area contributed by atoms with E-state index in [0.29, 0.717) is 6.04 Å². The third-order valence-corrected chi connectivity index (χ3v) is 4.72. The SMILES string of the molecule is C[C@@H]1CN(CCSc2cc(Cl)ccc2Cl)CCN1. The van der Waals surface area contributed by atoms with Crippen LogP contribution in [0.1, 0.15) is 6.92 Å². The normalized spacial score (nSPS) is 21.2. The molecule has 0 aromatic heterocycles. The Labute approximate surface area is 123 Å². The summed E-state index contributed by atoms with van der Waals surface area (Å²) in [5.74, 6) is 1.05. The van der Waals surface area contributed by atoms with E-state index in [1.165, 1.54) is 0 Å². The lowest BCUT2D eigenvalue weighted by molar-refractivity contribution is 0.218. The number of piperazine rings is 1. The van der Waals surface area contributed by atoms with E-state index in [2.05, 4.69) is 17.1 Å². The highest BCUT2D eigenvalue weighted by Crippen LogP contribution is 2.29. The predicted octanol–water partition coefficient (Wildman–Crippen LogP) is 3.38. The summed E-state index contributed by atoms with van der Waals surface area (Å²) in [6.45, 7) is 6.68. The van der Waals surface area contributed by atoms with E-state index in [9.17, 15) is 0 Å². The number of thioether (sulfide) groups is 1. The maximum absolute atomic E-state index is 6.14. The minimum atomic E-state index is 0.596. The van der Waals surface area contributed by atoms with Crippen LogP contribution in [0.4, 0.5) is 0 Å². The maximum Gasteiger partial charge on any atom is 0.0542 e. The van der Waals surface area contributed by atoms with Crippen molar-refractivity contribution >= 4 is 35.0 Å². The molecule has 1 aromatic carbocycles. The first-order chi connectivity index (χ1) is 8.65. The van der Waals surface area contributed by atoms with Crippen LogP contribution in [-0.4, -0.2) is 42.9 Å². The van der Waals surface area contributed by atoms with Gasteiger partial charge < -0.3 is 5.32 Å². The summed E-state index contributed by atoms with van der Waals surface area (Å²) >= 11 is 13.9. The van der Waals surface area contributed by atoms with E-state index in [0.717, 1.165) is 46.9 Å². The van der Waals surface area contributed by atoms with Gasteiger partial charge in [0.1, 0.15) is 0 Å². The van der Waals surface area contributed by atoms with E-state index in [4.69, 9.17) is 23.2 Å². The second kappa shape index (κ2) is 7.01. The van der Waals surface area contributed by atoms with Crippen molar-refractivity contribution in [3.8, 4) is 0 Å². The average molecular weight is 305 g/mol. The molecule has 1 saturated heterocycles. The first kappa shape index (κ1) is 14.5. The van der Waals surface area contributed by atoms with Crippen LogP contribution in [0.5, 0.6) is 0 Å². The highest BCUT2D eigenvalue weighted by Gasteiger charge is 2.14. The first-order valence-corrected chi connectivity index (χ1v) is 7.93. The number of benzene rings is 1. The molecular formula is C13H18Cl2N2S. The Hall–Kier alpha value is 0.0700. The van der Waals surface area contributed by atoms with Crippen molar-refractivity contribution in [3.05, 3.63) is 28.2 Å². The van der Waals surface area contributed by atoms with Crippen LogP contribution in [0.3, 0.4) is 0 Å². The van der Waals surface area contributed by atoms with Crippen molar-refractivity contribution < 1.29 is 0 Å². The quantitative estimate of drug-likeness (QED) is 0.859. The Morgan fingerprint density at radius 1 is 1.44 bits per heavy atom. The molecule has 1 N–H and O–H groups in total. The molecule has 100 valence electrons. The summed E-state index contributed by atoms with van der Waals surface area (Å²) in [6.07, 6.45) is 0. The van der Waals surface area contributed by atoms with Crippen LogP contribution in [-0.2, 0) is 0 Å². The fraction of sp³-hybridized carbons (Fsp3) is 0.538. The number of nitrogens with one attached hydrogen (secondary N) is 1. The monoisotopic (exact) mass is 304 g/mol. The second-order valence-corrected chi connectivity index (χ2v) is 6.56. The lowest BCUT2D eigenvalue weighted by Gasteiger charge is -2.31. The van der Waals surface area contributed by atoms with Gasteiger partial charge >= 0.3 is 0 Å². The van der Waals surface area contributed by atoms with Crippen LogP contribution >= 0.6 is 35.0 Å². The topological polar surface area (TPSA) is 15.3 Å². The molecule has 1 fully saturated rings. The number of halogens is 2. The molecule has 1 aliphatic rings. The lowest BCUT2D eigenvalue weighted by atomic mass is 10.2. The Morgan fingerprint density at radius 2 is 2.28 bits per heavy atom. The number of nitrogens with zero attached hydrogens (tertiary/aromatic N) is 1. The fourth-order valence-corrected chi connectivity index (χ4v) is 3.59. The minimum absolute atomic E-state index is 0.596. The molecule has 1 heterocycles. The van der Waals surface area contributed by atoms with E-state index >= 15 is 0 Å². The summed E-state index contributed by atoms with van der Waals surface area (Å²) in [5, 5.41) is 4.99. The maximum atomic E-state index is 6.14. The molecule has 0 unspecified atom stereocenters. The molecule has 1 aliphatic heterocycles. The molecular weight excluding hydrogens is 287 g/mol. The largest absolute Gasteiger partial charge is 0.312 e. The van der Waals surface area contributed by atoms with Gasteiger partial charge in [-0.15, -0.1) is 11.8 Å². The third-order valence-electron chi connectivity index (χ3n) is 3.01. The van der Waals surface area contributed by atoms with Crippen LogP contribution in [0, 0.1) is 0 Å². The fourth-order valence-electron chi connectivity index (χ4n) is 2.09. The van der Waals surface area contributed by atoms with Crippen molar-refractivity contribution in [2.45, 2.75) is 17.9 Å². The van der Waals surface area contributed by atoms with Gasteiger partial charge in [0.2, 0.25) is 0 Å². The highest BCUT2D eigenvalue weighted by atomic mass is 35.5. The molecule has 5 heteroatoms. The predicted molar refractivity (Wildman–Crippen MR) is 81.1 cm³/mol. The molecule has 2 rings (SSSR count). The Morgan fingerprint density at radius 3 is 3.06 bits per heavy atom. The zero-order valence-corrected chi connectivity index (χ0v) is 12.8. The van der Waals surface area contributed by atoms with E-state index in [1.54, 1.807) is 11.8 Å². The van der Waals surface area contributed by atoms with Crippen LogP contribution in [0.2, 0.25) is 10.0 Å². The average Bonchev–Trinajstić information content (AvgIpc) is 2.34. The zero-order valence-electron chi connectivity index (χ0n) is 10.5. The smallest absolute Gasteiger partial charge is 0.0542 e. The Kier molecular flexibility index (Phi) is 5.64. The van der Waals surface area contributed by atoms with E-state index in [1.807, 2.05) is 18.2 Å². The highest BCUT2D eigenvalue weighted by molar-refractivity contribution is 7.99. The number of hydrogen-bond acceptors (Lipinski definition) is 3. The summed E-state index contributed by atoms with van der Waals surface area (Å²) < 4.78 is 0. The van der Waals surface area contributed by atoms with Gasteiger partial charge in [-0.05, 0) is 25.1 Å². The minimum Gasteiger partial charge on any atom is -0.312 e. The van der Waals surface area contributed by atoms with Gasteiger partial charge in [-0.2, -0.15) is 0 Å². The van der Waals surface area contributed by atoms with Crippen LogP contribution < -0.4 is 5.32 Å². The third kappa shape index (κ3) is 4.32. The van der Waals surface area contributed by atoms with Crippen LogP contribution in [0.15, 0.2) is 23.1 Å². The van der Waals surface area contributed by atoms with Crippen molar-refractivity contribution in [2.24, 2.45) is 0 Å². The van der Waals surface area contributed by atoms with Crippen molar-refractivity contribution in [3.63, 3.8) is 0 Å². The summed E-state index contributed by atoms with van der Waals surface area (Å²) in [4.78, 5) is 3.57. The standard InChI is InChI=1S/C13H18Cl2N2S/c1-10-9-17(5-4-16-10)6-7-18-13-8-11(14)2-3-12(13)15/h2-3,8,10,16H,4-7,9H2,1H3/t10-/m1/s1. The number of hydrogen-bond donors (Lipinski definition) is 1. The van der Waals surface area contributed by atoms with Gasteiger partial charge in [0, 0.05) is 47.9 Å². The van der Waals surface area contributed by atoms with Crippen molar-refractivity contribution in [1.82, 2.24) is 10.2 Å². The molecule has 2 nitrogen and oxygen atoms in total. The molecule has 18 heavy (non-hydrogen) atoms. The molecule has 0 bridgehead atoms. The lowest BCUT2D eigenvalue weighted by Crippen LogP contribution is -2.49. The van der Waals surface area contributed by atoms with Crippen molar-refractivity contribution in [1.29, 1.82) is 0 Å². The van der Waals surface area contributed by atoms with Gasteiger partial charge in [-0.25, -0.2) is 0 Å². The van der Waals surface area contributed by atoms with Crippen LogP contribution in [0.25, 0.3) is 0 Å². The first-order valence-electron chi connectivity index (χ1n) is 6.19. The number of rotatable bonds is 4. The Balaban J connectivity index is 1.79. The molecule has 0 saturated carbocycles. The van der Waals surface area contributed by atoms with Gasteiger partial charge in [0.25, 0.3) is 0 Å². The molecule has 0 spiro atoms. The van der Waals surface area contributed by atoms with E-state index in [-0.39, 0.29) is 0 Å².